The predicted molar refractivity (Wildman–Crippen MR) is 84.0 cm³/mol. The maximum Gasteiger partial charge on any atom is 0.225 e. The summed E-state index contributed by atoms with van der Waals surface area (Å²) in [6.07, 6.45) is 5.57. The Kier molecular flexibility index (Phi) is 5.41. The molecule has 0 aromatic heterocycles. The molecule has 1 aliphatic rings. The van der Waals surface area contributed by atoms with E-state index in [1.807, 2.05) is 19.1 Å². The Morgan fingerprint density at radius 3 is 2.35 bits per heavy atom. The first-order valence-electron chi connectivity index (χ1n) is 7.55. The van der Waals surface area contributed by atoms with Gasteiger partial charge in [0.2, 0.25) is 5.91 Å². The van der Waals surface area contributed by atoms with Gasteiger partial charge < -0.3 is 16.0 Å². The average molecular weight is 275 g/mol. The molecular formula is C16H25N3O. The van der Waals surface area contributed by atoms with Crippen LogP contribution in [-0.4, -0.2) is 25.0 Å². The minimum absolute atomic E-state index is 0.0254. The van der Waals surface area contributed by atoms with Crippen LogP contribution in [0.2, 0.25) is 0 Å². The Hall–Kier alpha value is -1.55. The summed E-state index contributed by atoms with van der Waals surface area (Å²) in [4.78, 5) is 14.1. The van der Waals surface area contributed by atoms with Gasteiger partial charge in [-0.2, -0.15) is 0 Å². The number of hydrogen-bond donors (Lipinski definition) is 2. The van der Waals surface area contributed by atoms with Crippen LogP contribution in [-0.2, 0) is 4.79 Å². The van der Waals surface area contributed by atoms with E-state index in [2.05, 4.69) is 22.3 Å². The van der Waals surface area contributed by atoms with E-state index in [-0.39, 0.29) is 11.9 Å². The van der Waals surface area contributed by atoms with Crippen molar-refractivity contribution in [2.24, 2.45) is 5.73 Å². The fourth-order valence-corrected chi connectivity index (χ4v) is 2.59. The van der Waals surface area contributed by atoms with Crippen LogP contribution in [0.25, 0.3) is 0 Å². The Labute approximate surface area is 121 Å². The van der Waals surface area contributed by atoms with Crippen molar-refractivity contribution in [2.75, 3.05) is 23.3 Å². The lowest BCUT2D eigenvalue weighted by molar-refractivity contribution is -0.116. The number of nitrogens with two attached hydrogens (primary N) is 1. The molecule has 1 aromatic rings. The summed E-state index contributed by atoms with van der Waals surface area (Å²) in [7, 11) is 0. The van der Waals surface area contributed by atoms with E-state index < -0.39 is 0 Å². The van der Waals surface area contributed by atoms with Crippen molar-refractivity contribution in [3.05, 3.63) is 24.3 Å². The number of anilines is 2. The van der Waals surface area contributed by atoms with E-state index in [0.29, 0.717) is 6.42 Å². The molecule has 1 aliphatic heterocycles. The average Bonchev–Trinajstić information content (AvgIpc) is 2.67. The van der Waals surface area contributed by atoms with Crippen LogP contribution >= 0.6 is 0 Å². The molecule has 1 saturated heterocycles. The molecule has 0 radical (unpaired) electrons. The second-order valence-electron chi connectivity index (χ2n) is 5.68. The van der Waals surface area contributed by atoms with Crippen LogP contribution in [0.5, 0.6) is 0 Å². The highest BCUT2D eigenvalue weighted by molar-refractivity contribution is 5.91. The first-order chi connectivity index (χ1) is 9.65. The number of nitrogens with zero attached hydrogens (tertiary/aromatic N) is 1. The highest BCUT2D eigenvalue weighted by atomic mass is 16.1. The predicted octanol–water partition coefficient (Wildman–Crippen LogP) is 2.74. The SMILES string of the molecule is CC(N)CC(=O)Nc1ccc(N2CCCCCC2)cc1. The summed E-state index contributed by atoms with van der Waals surface area (Å²) in [5, 5.41) is 2.88. The van der Waals surface area contributed by atoms with Gasteiger partial charge in [-0.05, 0) is 44.0 Å². The van der Waals surface area contributed by atoms with Crippen LogP contribution in [0.15, 0.2) is 24.3 Å². The lowest BCUT2D eigenvalue weighted by Crippen LogP contribution is -2.24. The van der Waals surface area contributed by atoms with Gasteiger partial charge in [-0.1, -0.05) is 12.8 Å². The van der Waals surface area contributed by atoms with Crippen molar-refractivity contribution in [1.29, 1.82) is 0 Å². The summed E-state index contributed by atoms with van der Waals surface area (Å²) in [5.74, 6) is -0.0254. The van der Waals surface area contributed by atoms with Crippen LogP contribution in [0.4, 0.5) is 11.4 Å². The molecular weight excluding hydrogens is 250 g/mol. The van der Waals surface area contributed by atoms with Gasteiger partial charge in [-0.3, -0.25) is 4.79 Å². The van der Waals surface area contributed by atoms with Crippen LogP contribution in [0, 0.1) is 0 Å². The number of benzene rings is 1. The van der Waals surface area contributed by atoms with Crippen molar-refractivity contribution >= 4 is 17.3 Å². The quantitative estimate of drug-likeness (QED) is 0.888. The molecule has 0 saturated carbocycles. The number of rotatable bonds is 4. The van der Waals surface area contributed by atoms with Crippen LogP contribution in [0.1, 0.15) is 39.0 Å². The third kappa shape index (κ3) is 4.53. The van der Waals surface area contributed by atoms with E-state index in [1.54, 1.807) is 0 Å². The third-order valence-electron chi connectivity index (χ3n) is 3.63. The van der Waals surface area contributed by atoms with Gasteiger partial charge >= 0.3 is 0 Å². The Bertz CT molecular complexity index is 420. The second kappa shape index (κ2) is 7.29. The zero-order chi connectivity index (χ0) is 14.4. The summed E-state index contributed by atoms with van der Waals surface area (Å²) >= 11 is 0. The van der Waals surface area contributed by atoms with E-state index in [1.165, 1.54) is 31.4 Å². The topological polar surface area (TPSA) is 58.4 Å². The van der Waals surface area contributed by atoms with Crippen molar-refractivity contribution in [3.63, 3.8) is 0 Å². The van der Waals surface area contributed by atoms with Crippen molar-refractivity contribution in [1.82, 2.24) is 0 Å². The molecule has 1 fully saturated rings. The summed E-state index contributed by atoms with van der Waals surface area (Å²) in [6.45, 7) is 4.11. The molecule has 1 amide bonds. The smallest absolute Gasteiger partial charge is 0.225 e. The molecule has 4 heteroatoms. The highest BCUT2D eigenvalue weighted by Crippen LogP contribution is 2.21. The summed E-state index contributed by atoms with van der Waals surface area (Å²) in [5.41, 5.74) is 7.71. The lowest BCUT2D eigenvalue weighted by atomic mass is 10.2. The van der Waals surface area contributed by atoms with E-state index in [4.69, 9.17) is 5.73 Å². The molecule has 1 unspecified atom stereocenters. The molecule has 110 valence electrons. The first-order valence-corrected chi connectivity index (χ1v) is 7.55. The molecule has 1 heterocycles. The molecule has 0 bridgehead atoms. The van der Waals surface area contributed by atoms with Gasteiger partial charge in [0.05, 0.1) is 0 Å². The Morgan fingerprint density at radius 1 is 1.20 bits per heavy atom. The largest absolute Gasteiger partial charge is 0.372 e. The molecule has 0 spiro atoms. The molecule has 4 nitrogen and oxygen atoms in total. The van der Waals surface area contributed by atoms with Gasteiger partial charge in [-0.25, -0.2) is 0 Å². The van der Waals surface area contributed by atoms with Gasteiger partial charge in [0.25, 0.3) is 0 Å². The monoisotopic (exact) mass is 275 g/mol. The molecule has 2 rings (SSSR count). The minimum atomic E-state index is -0.105. The minimum Gasteiger partial charge on any atom is -0.372 e. The third-order valence-corrected chi connectivity index (χ3v) is 3.63. The van der Waals surface area contributed by atoms with Crippen molar-refractivity contribution < 1.29 is 4.79 Å². The second-order valence-corrected chi connectivity index (χ2v) is 5.68. The summed E-state index contributed by atoms with van der Waals surface area (Å²) in [6, 6.07) is 8.02. The summed E-state index contributed by atoms with van der Waals surface area (Å²) < 4.78 is 0. The standard InChI is InChI=1S/C16H25N3O/c1-13(17)12-16(20)18-14-6-8-15(9-7-14)19-10-4-2-3-5-11-19/h6-9,13H,2-5,10-12,17H2,1H3,(H,18,20). The van der Waals surface area contributed by atoms with E-state index in [0.717, 1.165) is 18.8 Å². The lowest BCUT2D eigenvalue weighted by Gasteiger charge is -2.22. The zero-order valence-electron chi connectivity index (χ0n) is 12.3. The number of amides is 1. The number of nitrogens with one attached hydrogen (secondary N) is 1. The Morgan fingerprint density at radius 2 is 1.80 bits per heavy atom. The van der Waals surface area contributed by atoms with Gasteiger partial charge in [0, 0.05) is 36.9 Å². The van der Waals surface area contributed by atoms with Crippen molar-refractivity contribution in [2.45, 2.75) is 45.1 Å². The Balaban J connectivity index is 1.93. The van der Waals surface area contributed by atoms with Crippen molar-refractivity contribution in [3.8, 4) is 0 Å². The molecule has 3 N–H and O–H groups in total. The van der Waals surface area contributed by atoms with Gasteiger partial charge in [0.15, 0.2) is 0 Å². The van der Waals surface area contributed by atoms with E-state index in [9.17, 15) is 4.79 Å². The maximum absolute atomic E-state index is 11.7. The maximum atomic E-state index is 11.7. The molecule has 1 aromatic carbocycles. The fourth-order valence-electron chi connectivity index (χ4n) is 2.59. The molecule has 20 heavy (non-hydrogen) atoms. The highest BCUT2D eigenvalue weighted by Gasteiger charge is 2.10. The first kappa shape index (κ1) is 14.9. The van der Waals surface area contributed by atoms with E-state index >= 15 is 0 Å². The van der Waals surface area contributed by atoms with Crippen LogP contribution < -0.4 is 16.0 Å². The number of carbonyl (C=O) groups excluding carboxylic acids is 1. The number of carbonyl (C=O) groups is 1. The normalized spacial score (nSPS) is 17.4. The van der Waals surface area contributed by atoms with Gasteiger partial charge in [0.1, 0.15) is 0 Å². The van der Waals surface area contributed by atoms with Crippen LogP contribution in [0.3, 0.4) is 0 Å². The number of hydrogen-bond acceptors (Lipinski definition) is 3. The molecule has 0 aliphatic carbocycles. The molecule has 1 atom stereocenters. The van der Waals surface area contributed by atoms with Gasteiger partial charge in [-0.15, -0.1) is 0 Å². The fraction of sp³-hybridized carbons (Fsp3) is 0.562. The zero-order valence-corrected chi connectivity index (χ0v) is 12.3.